The highest BCUT2D eigenvalue weighted by molar-refractivity contribution is 5.85. The maximum absolute atomic E-state index is 12.7. The smallest absolute Gasteiger partial charge is 0.225 e. The molecule has 2 atom stereocenters. The zero-order valence-corrected chi connectivity index (χ0v) is 16.0. The molecule has 0 radical (unpaired) electrons. The Labute approximate surface area is 148 Å². The lowest BCUT2D eigenvalue weighted by atomic mass is 9.90. The summed E-state index contributed by atoms with van der Waals surface area (Å²) in [6.07, 6.45) is 6.96. The number of hydrogen-bond donors (Lipinski definition) is 1. The van der Waals surface area contributed by atoms with Gasteiger partial charge in [0.15, 0.2) is 0 Å². The van der Waals surface area contributed by atoms with Gasteiger partial charge in [0.05, 0.1) is 0 Å². The van der Waals surface area contributed by atoms with Crippen LogP contribution in [0.1, 0.15) is 52.4 Å². The highest BCUT2D eigenvalue weighted by Crippen LogP contribution is 2.24. The van der Waals surface area contributed by atoms with Crippen LogP contribution < -0.4 is 5.32 Å². The fourth-order valence-electron chi connectivity index (χ4n) is 3.91. The average Bonchev–Trinajstić information content (AvgIpc) is 2.53. The summed E-state index contributed by atoms with van der Waals surface area (Å²) >= 11 is 0. The van der Waals surface area contributed by atoms with Gasteiger partial charge in [0.25, 0.3) is 0 Å². The molecule has 2 aliphatic rings. The first-order valence-corrected chi connectivity index (χ1v) is 9.30. The van der Waals surface area contributed by atoms with E-state index in [1.807, 2.05) is 0 Å². The standard InChI is InChI=1S/C18H35N3O.ClH/c1-4-5-10-20(3)14-16-7-11-21(12-8-16)18(22)17-6-9-19-15(2)13-17;/h15-17,19H,4-14H2,1-3H3;1H/t15-,17-;/m0./s1. The minimum Gasteiger partial charge on any atom is -0.342 e. The molecule has 4 nitrogen and oxygen atoms in total. The first-order valence-electron chi connectivity index (χ1n) is 9.30. The Morgan fingerprint density at radius 3 is 2.57 bits per heavy atom. The molecular formula is C18H36ClN3O. The molecule has 2 rings (SSSR count). The summed E-state index contributed by atoms with van der Waals surface area (Å²) < 4.78 is 0. The van der Waals surface area contributed by atoms with Gasteiger partial charge in [-0.15, -0.1) is 12.4 Å². The second kappa shape index (κ2) is 10.5. The van der Waals surface area contributed by atoms with Crippen LogP contribution in [0.3, 0.4) is 0 Å². The lowest BCUT2D eigenvalue weighted by Crippen LogP contribution is -2.47. The van der Waals surface area contributed by atoms with Crippen LogP contribution in [0.15, 0.2) is 0 Å². The molecular weight excluding hydrogens is 310 g/mol. The van der Waals surface area contributed by atoms with Gasteiger partial charge in [-0.25, -0.2) is 0 Å². The van der Waals surface area contributed by atoms with Gasteiger partial charge in [-0.1, -0.05) is 13.3 Å². The Hall–Kier alpha value is -0.320. The molecule has 0 bridgehead atoms. The van der Waals surface area contributed by atoms with Gasteiger partial charge in [0.2, 0.25) is 5.91 Å². The minimum absolute atomic E-state index is 0. The number of piperidine rings is 2. The molecule has 2 aliphatic heterocycles. The number of nitrogens with one attached hydrogen (secondary N) is 1. The lowest BCUT2D eigenvalue weighted by molar-refractivity contribution is -0.138. The average molecular weight is 346 g/mol. The molecule has 1 amide bonds. The van der Waals surface area contributed by atoms with Crippen molar-refractivity contribution in [3.05, 3.63) is 0 Å². The van der Waals surface area contributed by atoms with E-state index >= 15 is 0 Å². The number of likely N-dealkylation sites (tertiary alicyclic amines) is 1. The second-order valence-electron chi connectivity index (χ2n) is 7.46. The molecule has 0 spiro atoms. The monoisotopic (exact) mass is 345 g/mol. The van der Waals surface area contributed by atoms with Crippen LogP contribution in [0.4, 0.5) is 0 Å². The summed E-state index contributed by atoms with van der Waals surface area (Å²) in [7, 11) is 2.24. The topological polar surface area (TPSA) is 35.6 Å². The number of carbonyl (C=O) groups is 1. The van der Waals surface area contributed by atoms with Gasteiger partial charge in [0, 0.05) is 31.6 Å². The summed E-state index contributed by atoms with van der Waals surface area (Å²) in [5.74, 6) is 1.46. The maximum atomic E-state index is 12.7. The molecule has 1 N–H and O–H groups in total. The van der Waals surface area contributed by atoms with Crippen molar-refractivity contribution in [2.24, 2.45) is 11.8 Å². The van der Waals surface area contributed by atoms with Crippen LogP contribution in [0.25, 0.3) is 0 Å². The van der Waals surface area contributed by atoms with Gasteiger partial charge in [-0.2, -0.15) is 0 Å². The summed E-state index contributed by atoms with van der Waals surface area (Å²) in [6, 6.07) is 0.493. The van der Waals surface area contributed by atoms with Crippen LogP contribution in [0.2, 0.25) is 0 Å². The maximum Gasteiger partial charge on any atom is 0.225 e. The SMILES string of the molecule is CCCCN(C)CC1CCN(C(=O)[C@H]2CCN[C@@H](C)C2)CC1.Cl. The molecule has 0 saturated carbocycles. The van der Waals surface area contributed by atoms with E-state index < -0.39 is 0 Å². The van der Waals surface area contributed by atoms with Crippen molar-refractivity contribution < 1.29 is 4.79 Å². The van der Waals surface area contributed by atoms with Crippen molar-refractivity contribution in [2.45, 2.75) is 58.4 Å². The molecule has 2 fully saturated rings. The van der Waals surface area contributed by atoms with Crippen molar-refractivity contribution in [1.29, 1.82) is 0 Å². The molecule has 2 heterocycles. The fraction of sp³-hybridized carbons (Fsp3) is 0.944. The predicted octanol–water partition coefficient (Wildman–Crippen LogP) is 2.77. The van der Waals surface area contributed by atoms with E-state index in [9.17, 15) is 4.79 Å². The largest absolute Gasteiger partial charge is 0.342 e. The predicted molar refractivity (Wildman–Crippen MR) is 99.1 cm³/mol. The molecule has 0 aliphatic carbocycles. The summed E-state index contributed by atoms with van der Waals surface area (Å²) in [4.78, 5) is 17.3. The molecule has 136 valence electrons. The van der Waals surface area contributed by atoms with E-state index in [0.717, 1.165) is 38.4 Å². The zero-order valence-electron chi connectivity index (χ0n) is 15.2. The quantitative estimate of drug-likeness (QED) is 0.804. The Balaban J connectivity index is 0.00000264. The Morgan fingerprint density at radius 2 is 1.96 bits per heavy atom. The molecule has 5 heteroatoms. The molecule has 23 heavy (non-hydrogen) atoms. The van der Waals surface area contributed by atoms with E-state index in [2.05, 4.69) is 36.0 Å². The molecule has 0 aromatic rings. The lowest BCUT2D eigenvalue weighted by Gasteiger charge is -2.37. The van der Waals surface area contributed by atoms with Crippen molar-refractivity contribution in [3.8, 4) is 0 Å². The molecule has 0 unspecified atom stereocenters. The van der Waals surface area contributed by atoms with E-state index in [1.54, 1.807) is 0 Å². The number of halogens is 1. The first kappa shape index (κ1) is 20.7. The van der Waals surface area contributed by atoms with E-state index in [-0.39, 0.29) is 18.3 Å². The van der Waals surface area contributed by atoms with E-state index in [4.69, 9.17) is 0 Å². The Kier molecular flexibility index (Phi) is 9.48. The van der Waals surface area contributed by atoms with Crippen molar-refractivity contribution in [1.82, 2.24) is 15.1 Å². The second-order valence-corrected chi connectivity index (χ2v) is 7.46. The highest BCUT2D eigenvalue weighted by atomic mass is 35.5. The minimum atomic E-state index is 0. The van der Waals surface area contributed by atoms with Crippen LogP contribution in [0.5, 0.6) is 0 Å². The molecule has 0 aromatic heterocycles. The van der Waals surface area contributed by atoms with Gasteiger partial charge < -0.3 is 15.1 Å². The number of unbranched alkanes of at least 4 members (excludes halogenated alkanes) is 1. The van der Waals surface area contributed by atoms with Crippen molar-refractivity contribution in [3.63, 3.8) is 0 Å². The molecule has 2 saturated heterocycles. The van der Waals surface area contributed by atoms with Gasteiger partial charge in [-0.05, 0) is 65.1 Å². The third kappa shape index (κ3) is 6.60. The number of hydrogen-bond acceptors (Lipinski definition) is 3. The van der Waals surface area contributed by atoms with E-state index in [0.29, 0.717) is 11.9 Å². The Morgan fingerprint density at radius 1 is 1.26 bits per heavy atom. The number of amides is 1. The van der Waals surface area contributed by atoms with Gasteiger partial charge in [0.1, 0.15) is 0 Å². The van der Waals surface area contributed by atoms with Crippen LogP contribution in [0, 0.1) is 11.8 Å². The highest BCUT2D eigenvalue weighted by Gasteiger charge is 2.30. The summed E-state index contributed by atoms with van der Waals surface area (Å²) in [5, 5.41) is 3.44. The zero-order chi connectivity index (χ0) is 15.9. The van der Waals surface area contributed by atoms with Crippen LogP contribution in [-0.4, -0.2) is 61.5 Å². The summed E-state index contributed by atoms with van der Waals surface area (Å²) in [5.41, 5.74) is 0. The third-order valence-corrected chi connectivity index (χ3v) is 5.36. The van der Waals surface area contributed by atoms with Crippen molar-refractivity contribution in [2.75, 3.05) is 39.8 Å². The molecule has 0 aromatic carbocycles. The van der Waals surface area contributed by atoms with Crippen molar-refractivity contribution >= 4 is 18.3 Å². The Bertz CT molecular complexity index is 345. The number of rotatable bonds is 6. The van der Waals surface area contributed by atoms with Crippen LogP contribution >= 0.6 is 12.4 Å². The van der Waals surface area contributed by atoms with Gasteiger partial charge in [-0.3, -0.25) is 4.79 Å². The third-order valence-electron chi connectivity index (χ3n) is 5.36. The van der Waals surface area contributed by atoms with Crippen LogP contribution in [-0.2, 0) is 4.79 Å². The number of nitrogens with zero attached hydrogens (tertiary/aromatic N) is 2. The normalized spacial score (nSPS) is 26.2. The van der Waals surface area contributed by atoms with Gasteiger partial charge >= 0.3 is 0 Å². The first-order chi connectivity index (χ1) is 10.6. The van der Waals surface area contributed by atoms with E-state index in [1.165, 1.54) is 38.8 Å². The summed E-state index contributed by atoms with van der Waals surface area (Å²) in [6.45, 7) is 9.80. The number of carbonyl (C=O) groups excluding carboxylic acids is 1. The fourth-order valence-corrected chi connectivity index (χ4v) is 3.91.